The Balaban J connectivity index is 1.64. The highest BCUT2D eigenvalue weighted by atomic mass is 16.5. The first kappa shape index (κ1) is 15.2. The molecule has 7 nitrogen and oxygen atoms in total. The van der Waals surface area contributed by atoms with Crippen LogP contribution in [0.2, 0.25) is 0 Å². The second kappa shape index (κ2) is 7.04. The van der Waals surface area contributed by atoms with E-state index >= 15 is 0 Å². The van der Waals surface area contributed by atoms with Crippen molar-refractivity contribution in [3.63, 3.8) is 0 Å². The molecular formula is C15H22N4O3. The molecule has 0 saturated carbocycles. The molecule has 3 heterocycles. The number of ether oxygens (including phenoxy) is 2. The first-order valence-electron chi connectivity index (χ1n) is 7.66. The average molecular weight is 306 g/mol. The van der Waals surface area contributed by atoms with Gasteiger partial charge in [0.1, 0.15) is 11.7 Å². The highest BCUT2D eigenvalue weighted by molar-refractivity contribution is 5.96. The van der Waals surface area contributed by atoms with Crippen molar-refractivity contribution in [3.8, 4) is 5.88 Å². The Morgan fingerprint density at radius 1 is 1.41 bits per heavy atom. The van der Waals surface area contributed by atoms with Gasteiger partial charge in [-0.2, -0.15) is 0 Å². The number of hydrogen-bond donors (Lipinski definition) is 1. The van der Waals surface area contributed by atoms with E-state index < -0.39 is 0 Å². The summed E-state index contributed by atoms with van der Waals surface area (Å²) in [6.45, 7) is 4.76. The summed E-state index contributed by atoms with van der Waals surface area (Å²) < 4.78 is 11.1. The van der Waals surface area contributed by atoms with Gasteiger partial charge in [0.05, 0.1) is 13.2 Å². The van der Waals surface area contributed by atoms with Gasteiger partial charge in [0.2, 0.25) is 5.88 Å². The number of amides is 1. The van der Waals surface area contributed by atoms with E-state index in [0.29, 0.717) is 24.7 Å². The number of pyridine rings is 1. The number of likely N-dealkylation sites (N-methyl/N-ethyl adjacent to an activating group) is 1. The molecule has 2 aliphatic rings. The maximum Gasteiger partial charge on any atom is 0.271 e. The van der Waals surface area contributed by atoms with Crippen LogP contribution in [0.3, 0.4) is 0 Å². The van der Waals surface area contributed by atoms with E-state index in [2.05, 4.69) is 22.4 Å². The maximum atomic E-state index is 12.5. The van der Waals surface area contributed by atoms with E-state index in [4.69, 9.17) is 9.47 Å². The quantitative estimate of drug-likeness (QED) is 0.854. The Hall–Kier alpha value is -1.70. The molecule has 0 aliphatic carbocycles. The van der Waals surface area contributed by atoms with E-state index in [1.165, 1.54) is 0 Å². The van der Waals surface area contributed by atoms with E-state index in [-0.39, 0.29) is 12.0 Å². The number of nitrogens with one attached hydrogen (secondary N) is 1. The van der Waals surface area contributed by atoms with Gasteiger partial charge in [-0.15, -0.1) is 0 Å². The zero-order chi connectivity index (χ0) is 15.4. The van der Waals surface area contributed by atoms with Crippen molar-refractivity contribution in [1.82, 2.24) is 20.3 Å². The lowest BCUT2D eigenvalue weighted by atomic mass is 10.2. The second-order valence-electron chi connectivity index (χ2n) is 5.69. The fraction of sp³-hybridized carbons (Fsp3) is 0.600. The Bertz CT molecular complexity index is 511. The topological polar surface area (TPSA) is 66.9 Å². The predicted octanol–water partition coefficient (Wildman–Crippen LogP) is 0.141. The fourth-order valence-corrected chi connectivity index (χ4v) is 2.54. The molecule has 2 aliphatic heterocycles. The summed E-state index contributed by atoms with van der Waals surface area (Å²) in [6.07, 6.45) is 2.44. The fourth-order valence-electron chi connectivity index (χ4n) is 2.54. The van der Waals surface area contributed by atoms with E-state index in [9.17, 15) is 4.79 Å². The van der Waals surface area contributed by atoms with Crippen molar-refractivity contribution in [2.75, 3.05) is 46.4 Å². The number of aromatic nitrogens is 1. The molecule has 22 heavy (non-hydrogen) atoms. The molecule has 0 radical (unpaired) electrons. The maximum absolute atomic E-state index is 12.5. The predicted molar refractivity (Wildman–Crippen MR) is 80.6 cm³/mol. The number of hydrogen-bond acceptors (Lipinski definition) is 6. The standard InChI is InChI=1S/C15H22N4O3/c1-18-6-8-19(9-7-18)17-14(20)13-3-2-5-16-15(13)22-12-4-10-21-11-12/h2-3,5,12H,4,6-11H2,1H3,(H,17,20)/t12-/m1/s1. The van der Waals surface area contributed by atoms with Gasteiger partial charge < -0.3 is 14.4 Å². The molecule has 0 bridgehead atoms. The minimum absolute atomic E-state index is 0.0231. The molecule has 0 unspecified atom stereocenters. The number of piperazine rings is 1. The largest absolute Gasteiger partial charge is 0.471 e. The summed E-state index contributed by atoms with van der Waals surface area (Å²) in [5.41, 5.74) is 3.40. The van der Waals surface area contributed by atoms with Gasteiger partial charge in [-0.05, 0) is 19.2 Å². The lowest BCUT2D eigenvalue weighted by Gasteiger charge is -2.32. The zero-order valence-electron chi connectivity index (χ0n) is 12.8. The molecule has 1 amide bonds. The SMILES string of the molecule is CN1CCN(NC(=O)c2cccnc2O[C@@H]2CCOC2)CC1. The van der Waals surface area contributed by atoms with Crippen LogP contribution < -0.4 is 10.2 Å². The van der Waals surface area contributed by atoms with Crippen LogP contribution in [0.25, 0.3) is 0 Å². The van der Waals surface area contributed by atoms with Crippen LogP contribution in [-0.4, -0.2) is 73.3 Å². The normalized spacial score (nSPS) is 23.4. The van der Waals surface area contributed by atoms with Gasteiger partial charge in [-0.3, -0.25) is 10.2 Å². The van der Waals surface area contributed by atoms with Crippen LogP contribution in [0.1, 0.15) is 16.8 Å². The summed E-state index contributed by atoms with van der Waals surface area (Å²) in [4.78, 5) is 18.9. The lowest BCUT2D eigenvalue weighted by Crippen LogP contribution is -2.52. The average Bonchev–Trinajstić information content (AvgIpc) is 3.03. The third-order valence-corrected chi connectivity index (χ3v) is 3.94. The van der Waals surface area contributed by atoms with Gasteiger partial charge in [0.25, 0.3) is 5.91 Å². The first-order chi connectivity index (χ1) is 10.7. The number of nitrogens with zero attached hydrogens (tertiary/aromatic N) is 3. The molecule has 7 heteroatoms. The van der Waals surface area contributed by atoms with Crippen molar-refractivity contribution < 1.29 is 14.3 Å². The van der Waals surface area contributed by atoms with Crippen molar-refractivity contribution in [2.24, 2.45) is 0 Å². The van der Waals surface area contributed by atoms with E-state index in [0.717, 1.165) is 32.6 Å². The van der Waals surface area contributed by atoms with Crippen molar-refractivity contribution in [1.29, 1.82) is 0 Å². The Labute approximate surface area is 130 Å². The van der Waals surface area contributed by atoms with Crippen LogP contribution >= 0.6 is 0 Å². The minimum Gasteiger partial charge on any atom is -0.471 e. The second-order valence-corrected chi connectivity index (χ2v) is 5.69. The zero-order valence-corrected chi connectivity index (χ0v) is 12.8. The van der Waals surface area contributed by atoms with E-state index in [1.54, 1.807) is 18.3 Å². The molecule has 120 valence electrons. The number of carbonyl (C=O) groups is 1. The third kappa shape index (κ3) is 3.73. The minimum atomic E-state index is -0.174. The smallest absolute Gasteiger partial charge is 0.271 e. The molecule has 1 aromatic rings. The van der Waals surface area contributed by atoms with Gasteiger partial charge in [-0.1, -0.05) is 0 Å². The van der Waals surface area contributed by atoms with Crippen LogP contribution in [0.15, 0.2) is 18.3 Å². The highest BCUT2D eigenvalue weighted by Gasteiger charge is 2.23. The van der Waals surface area contributed by atoms with Gasteiger partial charge in [-0.25, -0.2) is 9.99 Å². The van der Waals surface area contributed by atoms with Crippen molar-refractivity contribution in [3.05, 3.63) is 23.9 Å². The van der Waals surface area contributed by atoms with Crippen molar-refractivity contribution >= 4 is 5.91 Å². The molecule has 2 fully saturated rings. The van der Waals surface area contributed by atoms with Gasteiger partial charge >= 0.3 is 0 Å². The number of hydrazine groups is 1. The highest BCUT2D eigenvalue weighted by Crippen LogP contribution is 2.19. The van der Waals surface area contributed by atoms with Crippen LogP contribution in [-0.2, 0) is 4.74 Å². The molecule has 0 aromatic carbocycles. The number of rotatable bonds is 4. The Morgan fingerprint density at radius 3 is 2.95 bits per heavy atom. The molecular weight excluding hydrogens is 284 g/mol. The third-order valence-electron chi connectivity index (χ3n) is 3.94. The van der Waals surface area contributed by atoms with Crippen LogP contribution in [0.4, 0.5) is 0 Å². The van der Waals surface area contributed by atoms with Crippen molar-refractivity contribution in [2.45, 2.75) is 12.5 Å². The summed E-state index contributed by atoms with van der Waals surface area (Å²) in [5, 5.41) is 1.94. The monoisotopic (exact) mass is 306 g/mol. The molecule has 1 N–H and O–H groups in total. The lowest BCUT2D eigenvalue weighted by molar-refractivity contribution is 0.0654. The summed E-state index contributed by atoms with van der Waals surface area (Å²) in [5.74, 6) is 0.205. The summed E-state index contributed by atoms with van der Waals surface area (Å²) in [6, 6.07) is 3.49. The molecule has 2 saturated heterocycles. The van der Waals surface area contributed by atoms with Crippen LogP contribution in [0.5, 0.6) is 5.88 Å². The molecule has 1 atom stereocenters. The summed E-state index contributed by atoms with van der Waals surface area (Å²) in [7, 11) is 2.08. The van der Waals surface area contributed by atoms with E-state index in [1.807, 2.05) is 5.01 Å². The number of carbonyl (C=O) groups excluding carboxylic acids is 1. The Kier molecular flexibility index (Phi) is 4.87. The molecule has 3 rings (SSSR count). The molecule has 1 aromatic heterocycles. The van der Waals surface area contributed by atoms with Crippen LogP contribution in [0, 0.1) is 0 Å². The first-order valence-corrected chi connectivity index (χ1v) is 7.66. The Morgan fingerprint density at radius 2 is 2.23 bits per heavy atom. The van der Waals surface area contributed by atoms with Gasteiger partial charge in [0, 0.05) is 38.8 Å². The molecule has 0 spiro atoms. The summed E-state index contributed by atoms with van der Waals surface area (Å²) >= 11 is 0. The van der Waals surface area contributed by atoms with Gasteiger partial charge in [0.15, 0.2) is 0 Å².